The molecule has 0 spiro atoms. The van der Waals surface area contributed by atoms with Crippen molar-refractivity contribution < 1.29 is 9.59 Å². The van der Waals surface area contributed by atoms with E-state index in [0.717, 1.165) is 32.7 Å². The van der Waals surface area contributed by atoms with Crippen molar-refractivity contribution in [3.05, 3.63) is 0 Å². The fraction of sp³-hybridized carbons (Fsp3) is 0.800. The molecule has 2 amide bonds. The number of carbonyl (C=O) groups excluding carboxylic acids is 2. The first-order valence-corrected chi connectivity index (χ1v) is 6.65. The van der Waals surface area contributed by atoms with Gasteiger partial charge in [-0.1, -0.05) is 6.92 Å². The summed E-state index contributed by atoms with van der Waals surface area (Å²) in [6, 6.07) is 0. The van der Waals surface area contributed by atoms with Crippen LogP contribution in [0.2, 0.25) is 0 Å². The van der Waals surface area contributed by atoms with E-state index in [1.165, 1.54) is 11.8 Å². The summed E-state index contributed by atoms with van der Waals surface area (Å²) in [6.45, 7) is 6.65. The van der Waals surface area contributed by atoms with Crippen molar-refractivity contribution in [1.29, 1.82) is 0 Å². The number of likely N-dealkylation sites (N-methyl/N-ethyl adjacent to an activating group) is 1. The normalized spacial score (nSPS) is 17.4. The third-order valence-electron chi connectivity index (χ3n) is 2.64. The molecule has 0 aliphatic carbocycles. The zero-order valence-electron chi connectivity index (χ0n) is 9.65. The van der Waals surface area contributed by atoms with Gasteiger partial charge in [0.05, 0.1) is 11.5 Å². The topological polar surface area (TPSA) is 66.6 Å². The summed E-state index contributed by atoms with van der Waals surface area (Å²) in [5, 5.41) is 0. The Morgan fingerprint density at radius 2 is 1.81 bits per heavy atom. The molecule has 0 aromatic rings. The molecule has 1 aliphatic rings. The number of nitrogens with two attached hydrogens (primary N) is 1. The minimum absolute atomic E-state index is 0.113. The summed E-state index contributed by atoms with van der Waals surface area (Å²) in [6.07, 6.45) is 0. The Morgan fingerprint density at radius 3 is 2.31 bits per heavy atom. The number of thioether (sulfide) groups is 1. The molecule has 92 valence electrons. The first kappa shape index (κ1) is 13.3. The number of hydrogen-bond acceptors (Lipinski definition) is 4. The number of piperazine rings is 1. The quantitative estimate of drug-likeness (QED) is 0.700. The Kier molecular flexibility index (Phi) is 5.62. The SMILES string of the molecule is CCN1CCN(C(=O)CSCC(N)=O)CC1. The highest BCUT2D eigenvalue weighted by molar-refractivity contribution is 8.00. The Morgan fingerprint density at radius 1 is 1.19 bits per heavy atom. The van der Waals surface area contributed by atoms with E-state index in [9.17, 15) is 9.59 Å². The molecule has 0 unspecified atom stereocenters. The second-order valence-corrected chi connectivity index (χ2v) is 4.76. The van der Waals surface area contributed by atoms with Crippen LogP contribution in [0.4, 0.5) is 0 Å². The Labute approximate surface area is 100 Å². The van der Waals surface area contributed by atoms with E-state index in [2.05, 4.69) is 11.8 Å². The van der Waals surface area contributed by atoms with Gasteiger partial charge in [-0.05, 0) is 6.54 Å². The van der Waals surface area contributed by atoms with Gasteiger partial charge in [0.2, 0.25) is 11.8 Å². The van der Waals surface area contributed by atoms with Crippen LogP contribution in [-0.2, 0) is 9.59 Å². The van der Waals surface area contributed by atoms with E-state index in [4.69, 9.17) is 5.73 Å². The van der Waals surface area contributed by atoms with Crippen LogP contribution < -0.4 is 5.73 Å². The Bertz CT molecular complexity index is 252. The van der Waals surface area contributed by atoms with Crippen molar-refractivity contribution in [2.24, 2.45) is 5.73 Å². The van der Waals surface area contributed by atoms with Crippen molar-refractivity contribution in [2.45, 2.75) is 6.92 Å². The highest BCUT2D eigenvalue weighted by atomic mass is 32.2. The van der Waals surface area contributed by atoms with Crippen molar-refractivity contribution >= 4 is 23.6 Å². The number of rotatable bonds is 5. The van der Waals surface area contributed by atoms with E-state index < -0.39 is 0 Å². The third kappa shape index (κ3) is 4.40. The van der Waals surface area contributed by atoms with Gasteiger partial charge in [0, 0.05) is 26.2 Å². The van der Waals surface area contributed by atoms with Crippen LogP contribution in [0.15, 0.2) is 0 Å². The van der Waals surface area contributed by atoms with Gasteiger partial charge in [0.1, 0.15) is 0 Å². The highest BCUT2D eigenvalue weighted by Crippen LogP contribution is 2.06. The van der Waals surface area contributed by atoms with Crippen LogP contribution in [-0.4, -0.2) is 65.8 Å². The van der Waals surface area contributed by atoms with E-state index >= 15 is 0 Å². The van der Waals surface area contributed by atoms with Crippen LogP contribution in [0.3, 0.4) is 0 Å². The first-order chi connectivity index (χ1) is 7.63. The van der Waals surface area contributed by atoms with E-state index in [1.54, 1.807) is 0 Å². The fourth-order valence-electron chi connectivity index (χ4n) is 1.64. The Hall–Kier alpha value is -0.750. The van der Waals surface area contributed by atoms with Gasteiger partial charge in [-0.15, -0.1) is 11.8 Å². The zero-order chi connectivity index (χ0) is 12.0. The van der Waals surface area contributed by atoms with E-state index in [1.807, 2.05) is 4.90 Å². The summed E-state index contributed by atoms with van der Waals surface area (Å²) in [7, 11) is 0. The molecule has 1 saturated heterocycles. The lowest BCUT2D eigenvalue weighted by molar-refractivity contribution is -0.130. The average Bonchev–Trinajstić information content (AvgIpc) is 2.28. The van der Waals surface area contributed by atoms with Crippen molar-refractivity contribution in [2.75, 3.05) is 44.2 Å². The smallest absolute Gasteiger partial charge is 0.232 e. The maximum absolute atomic E-state index is 11.7. The van der Waals surface area contributed by atoms with Gasteiger partial charge in [0.25, 0.3) is 0 Å². The summed E-state index contributed by atoms with van der Waals surface area (Å²) < 4.78 is 0. The number of hydrogen-bond donors (Lipinski definition) is 1. The average molecular weight is 245 g/mol. The van der Waals surface area contributed by atoms with Crippen molar-refractivity contribution in [3.63, 3.8) is 0 Å². The molecule has 0 aromatic heterocycles. The van der Waals surface area contributed by atoms with Gasteiger partial charge in [0.15, 0.2) is 0 Å². The largest absolute Gasteiger partial charge is 0.369 e. The fourth-order valence-corrected chi connectivity index (χ4v) is 2.30. The van der Waals surface area contributed by atoms with Crippen LogP contribution in [0.25, 0.3) is 0 Å². The zero-order valence-corrected chi connectivity index (χ0v) is 10.5. The van der Waals surface area contributed by atoms with Gasteiger partial charge < -0.3 is 15.5 Å². The van der Waals surface area contributed by atoms with Crippen molar-refractivity contribution in [3.8, 4) is 0 Å². The second kappa shape index (κ2) is 6.75. The third-order valence-corrected chi connectivity index (χ3v) is 3.58. The number of nitrogens with zero attached hydrogens (tertiary/aromatic N) is 2. The standard InChI is InChI=1S/C10H19N3O2S/c1-2-12-3-5-13(6-4-12)10(15)8-16-7-9(11)14/h2-8H2,1H3,(H2,11,14). The number of primary amides is 1. The van der Waals surface area contributed by atoms with Gasteiger partial charge in [-0.25, -0.2) is 0 Å². The monoisotopic (exact) mass is 245 g/mol. The molecule has 0 aromatic carbocycles. The minimum Gasteiger partial charge on any atom is -0.369 e. The molecule has 5 nitrogen and oxygen atoms in total. The summed E-state index contributed by atoms with van der Waals surface area (Å²) in [5.74, 6) is 0.325. The lowest BCUT2D eigenvalue weighted by atomic mass is 10.3. The first-order valence-electron chi connectivity index (χ1n) is 5.49. The maximum atomic E-state index is 11.7. The second-order valence-electron chi connectivity index (χ2n) is 3.77. The van der Waals surface area contributed by atoms with Gasteiger partial charge >= 0.3 is 0 Å². The minimum atomic E-state index is -0.367. The molecule has 1 aliphatic heterocycles. The molecule has 16 heavy (non-hydrogen) atoms. The molecule has 6 heteroatoms. The Balaban J connectivity index is 2.20. The molecule has 1 heterocycles. The van der Waals surface area contributed by atoms with Crippen LogP contribution in [0, 0.1) is 0 Å². The predicted octanol–water partition coefficient (Wildman–Crippen LogP) is -0.631. The molecular formula is C10H19N3O2S. The molecule has 0 saturated carbocycles. The summed E-state index contributed by atoms with van der Waals surface area (Å²) >= 11 is 1.29. The molecule has 1 fully saturated rings. The van der Waals surface area contributed by atoms with E-state index in [-0.39, 0.29) is 17.6 Å². The lowest BCUT2D eigenvalue weighted by Crippen LogP contribution is -2.49. The predicted molar refractivity (Wildman–Crippen MR) is 65.2 cm³/mol. The van der Waals surface area contributed by atoms with Crippen molar-refractivity contribution in [1.82, 2.24) is 9.80 Å². The summed E-state index contributed by atoms with van der Waals surface area (Å²) in [4.78, 5) is 26.4. The molecule has 0 atom stereocenters. The number of carbonyl (C=O) groups is 2. The van der Waals surface area contributed by atoms with Crippen LogP contribution in [0.5, 0.6) is 0 Å². The highest BCUT2D eigenvalue weighted by Gasteiger charge is 2.19. The molecule has 2 N–H and O–H groups in total. The molecular weight excluding hydrogens is 226 g/mol. The van der Waals surface area contributed by atoms with Gasteiger partial charge in [-0.2, -0.15) is 0 Å². The molecule has 0 bridgehead atoms. The van der Waals surface area contributed by atoms with Gasteiger partial charge in [-0.3, -0.25) is 9.59 Å². The van der Waals surface area contributed by atoms with Crippen LogP contribution >= 0.6 is 11.8 Å². The van der Waals surface area contributed by atoms with Crippen LogP contribution in [0.1, 0.15) is 6.92 Å². The summed E-state index contributed by atoms with van der Waals surface area (Å²) in [5.41, 5.74) is 5.00. The van der Waals surface area contributed by atoms with E-state index in [0.29, 0.717) is 5.75 Å². The maximum Gasteiger partial charge on any atom is 0.232 e. The molecule has 1 rings (SSSR count). The molecule has 0 radical (unpaired) electrons. The number of amides is 2. The lowest BCUT2D eigenvalue weighted by Gasteiger charge is -2.34.